The number of aromatic nitrogens is 1. The van der Waals surface area contributed by atoms with Crippen LogP contribution in [-0.4, -0.2) is 18.0 Å². The Morgan fingerprint density at radius 2 is 1.76 bits per heavy atom. The first-order valence-corrected chi connectivity index (χ1v) is 11.1. The third-order valence-electron chi connectivity index (χ3n) is 4.73. The molecule has 0 bridgehead atoms. The number of hydrogen-bond acceptors (Lipinski definition) is 5. The van der Waals surface area contributed by atoms with E-state index in [1.165, 1.54) is 6.07 Å². The number of benzene rings is 3. The van der Waals surface area contributed by atoms with Gasteiger partial charge in [0.15, 0.2) is 5.13 Å². The lowest BCUT2D eigenvalue weighted by Gasteiger charge is -2.11. The summed E-state index contributed by atoms with van der Waals surface area (Å²) in [5, 5.41) is 5.66. The van der Waals surface area contributed by atoms with Crippen molar-refractivity contribution in [3.63, 3.8) is 0 Å². The van der Waals surface area contributed by atoms with E-state index in [9.17, 15) is 18.0 Å². The van der Waals surface area contributed by atoms with Crippen LogP contribution in [0.4, 0.5) is 29.7 Å². The van der Waals surface area contributed by atoms with Gasteiger partial charge in [0.05, 0.1) is 23.4 Å². The maximum absolute atomic E-state index is 13.2. The van der Waals surface area contributed by atoms with Crippen molar-refractivity contribution in [1.82, 2.24) is 4.98 Å². The van der Waals surface area contributed by atoms with Crippen LogP contribution in [0, 0.1) is 0 Å². The van der Waals surface area contributed by atoms with E-state index in [4.69, 9.17) is 16.3 Å². The molecular weight excluding hydrogens is 487 g/mol. The second-order valence-corrected chi connectivity index (χ2v) is 8.47. The minimum atomic E-state index is -4.65. The number of alkyl halides is 3. The third kappa shape index (κ3) is 5.32. The van der Waals surface area contributed by atoms with E-state index in [-0.39, 0.29) is 10.6 Å². The number of nitrogens with zero attached hydrogens (tertiary/aromatic N) is 1. The van der Waals surface area contributed by atoms with Gasteiger partial charge in [-0.1, -0.05) is 59.3 Å². The summed E-state index contributed by atoms with van der Waals surface area (Å²) in [6, 6.07) is 19.4. The maximum Gasteiger partial charge on any atom is 0.417 e. The number of amides is 1. The van der Waals surface area contributed by atoms with E-state index in [0.717, 1.165) is 23.5 Å². The molecule has 0 aliphatic heterocycles. The Labute approximate surface area is 202 Å². The minimum Gasteiger partial charge on any atom is -0.497 e. The van der Waals surface area contributed by atoms with Crippen molar-refractivity contribution in [2.45, 2.75) is 6.18 Å². The molecule has 4 rings (SSSR count). The highest BCUT2D eigenvalue weighted by Gasteiger charge is 2.33. The van der Waals surface area contributed by atoms with E-state index < -0.39 is 22.7 Å². The van der Waals surface area contributed by atoms with Crippen LogP contribution in [0.5, 0.6) is 5.75 Å². The van der Waals surface area contributed by atoms with Gasteiger partial charge in [0.25, 0.3) is 5.91 Å². The molecule has 0 spiro atoms. The van der Waals surface area contributed by atoms with Crippen molar-refractivity contribution in [3.8, 4) is 17.0 Å². The Morgan fingerprint density at radius 3 is 2.47 bits per heavy atom. The molecule has 1 aromatic heterocycles. The lowest BCUT2D eigenvalue weighted by Crippen LogP contribution is -2.13. The van der Waals surface area contributed by atoms with Crippen LogP contribution in [0.3, 0.4) is 0 Å². The number of carbonyl (C=O) groups is 1. The van der Waals surface area contributed by atoms with Gasteiger partial charge < -0.3 is 15.4 Å². The van der Waals surface area contributed by atoms with E-state index in [1.54, 1.807) is 49.6 Å². The Morgan fingerprint density at radius 1 is 1.00 bits per heavy atom. The Kier molecular flexibility index (Phi) is 6.76. The molecule has 5 nitrogen and oxygen atoms in total. The molecule has 1 amide bonds. The van der Waals surface area contributed by atoms with E-state index in [0.29, 0.717) is 27.8 Å². The van der Waals surface area contributed by atoms with Crippen molar-refractivity contribution in [2.24, 2.45) is 0 Å². The number of methoxy groups -OCH3 is 1. The zero-order valence-corrected chi connectivity index (χ0v) is 19.2. The summed E-state index contributed by atoms with van der Waals surface area (Å²) < 4.78 is 44.9. The quantitative estimate of drug-likeness (QED) is 0.286. The fourth-order valence-electron chi connectivity index (χ4n) is 3.15. The standard InChI is InChI=1S/C24H17ClF3N3O2S/c1-33-17-9-5-8-15(12-17)30-23-31-20(14-6-3-2-4-7-14)21(34-23)22(32)29-16-10-11-19(25)18(13-16)24(26,27)28/h2-13H,1H3,(H,29,32)(H,30,31). The molecule has 1 heterocycles. The number of rotatable bonds is 6. The van der Waals surface area contributed by atoms with Crippen molar-refractivity contribution < 1.29 is 22.7 Å². The maximum atomic E-state index is 13.2. The van der Waals surface area contributed by atoms with E-state index in [1.807, 2.05) is 12.1 Å². The first-order chi connectivity index (χ1) is 16.2. The summed E-state index contributed by atoms with van der Waals surface area (Å²) in [6.07, 6.45) is -4.65. The fraction of sp³-hybridized carbons (Fsp3) is 0.0833. The number of ether oxygens (including phenoxy) is 1. The molecule has 2 N–H and O–H groups in total. The van der Waals surface area contributed by atoms with Gasteiger partial charge in [0.2, 0.25) is 0 Å². The van der Waals surface area contributed by atoms with Gasteiger partial charge in [-0.05, 0) is 30.3 Å². The Hall–Kier alpha value is -3.56. The highest BCUT2D eigenvalue weighted by Crippen LogP contribution is 2.37. The lowest BCUT2D eigenvalue weighted by molar-refractivity contribution is -0.137. The van der Waals surface area contributed by atoms with Crippen LogP contribution in [0.2, 0.25) is 5.02 Å². The fourth-order valence-corrected chi connectivity index (χ4v) is 4.28. The van der Waals surface area contributed by atoms with Gasteiger partial charge in [0, 0.05) is 23.0 Å². The second kappa shape index (κ2) is 9.74. The summed E-state index contributed by atoms with van der Waals surface area (Å²) in [5.74, 6) is 0.0523. The molecule has 34 heavy (non-hydrogen) atoms. The van der Waals surface area contributed by atoms with Crippen molar-refractivity contribution in [3.05, 3.63) is 88.3 Å². The largest absolute Gasteiger partial charge is 0.497 e. The van der Waals surface area contributed by atoms with Crippen molar-refractivity contribution >= 4 is 45.4 Å². The van der Waals surface area contributed by atoms with Crippen LogP contribution in [0.25, 0.3) is 11.3 Å². The predicted molar refractivity (Wildman–Crippen MR) is 128 cm³/mol. The molecule has 0 atom stereocenters. The zero-order chi connectivity index (χ0) is 24.3. The first-order valence-electron chi connectivity index (χ1n) is 9.90. The lowest BCUT2D eigenvalue weighted by atomic mass is 10.1. The molecule has 0 aliphatic carbocycles. The second-order valence-electron chi connectivity index (χ2n) is 7.07. The summed E-state index contributed by atoms with van der Waals surface area (Å²) in [4.78, 5) is 17.9. The number of anilines is 3. The molecule has 0 aliphatic rings. The monoisotopic (exact) mass is 503 g/mol. The molecule has 10 heteroatoms. The number of halogens is 4. The topological polar surface area (TPSA) is 63.2 Å². The van der Waals surface area contributed by atoms with E-state index in [2.05, 4.69) is 15.6 Å². The van der Waals surface area contributed by atoms with Gasteiger partial charge in [-0.15, -0.1) is 0 Å². The molecule has 3 aromatic carbocycles. The highest BCUT2D eigenvalue weighted by molar-refractivity contribution is 7.18. The zero-order valence-electron chi connectivity index (χ0n) is 17.6. The van der Waals surface area contributed by atoms with Crippen molar-refractivity contribution in [2.75, 3.05) is 17.7 Å². The molecule has 0 radical (unpaired) electrons. The molecule has 0 fully saturated rings. The van der Waals surface area contributed by atoms with Crippen molar-refractivity contribution in [1.29, 1.82) is 0 Å². The van der Waals surface area contributed by atoms with Crippen LogP contribution in [0.1, 0.15) is 15.2 Å². The van der Waals surface area contributed by atoms with E-state index >= 15 is 0 Å². The van der Waals surface area contributed by atoms with Gasteiger partial charge in [0.1, 0.15) is 10.6 Å². The van der Waals surface area contributed by atoms with Crippen LogP contribution in [0.15, 0.2) is 72.8 Å². The van der Waals surface area contributed by atoms with Crippen LogP contribution < -0.4 is 15.4 Å². The molecule has 174 valence electrons. The highest BCUT2D eigenvalue weighted by atomic mass is 35.5. The summed E-state index contributed by atoms with van der Waals surface area (Å²) >= 11 is 6.76. The minimum absolute atomic E-state index is 0.0311. The summed E-state index contributed by atoms with van der Waals surface area (Å²) in [7, 11) is 1.55. The molecule has 0 saturated heterocycles. The number of nitrogens with one attached hydrogen (secondary N) is 2. The first kappa shape index (κ1) is 23.6. The molecular formula is C24H17ClF3N3O2S. The summed E-state index contributed by atoms with van der Waals surface area (Å²) in [5.41, 5.74) is 0.733. The van der Waals surface area contributed by atoms with Gasteiger partial charge in [-0.2, -0.15) is 13.2 Å². The molecule has 0 unspecified atom stereocenters. The predicted octanol–water partition coefficient (Wildman–Crippen LogP) is 7.49. The van der Waals surface area contributed by atoms with Crippen LogP contribution >= 0.6 is 22.9 Å². The summed E-state index contributed by atoms with van der Waals surface area (Å²) in [6.45, 7) is 0. The normalized spacial score (nSPS) is 11.2. The smallest absolute Gasteiger partial charge is 0.417 e. The third-order valence-corrected chi connectivity index (χ3v) is 6.03. The average molecular weight is 504 g/mol. The number of thiazole rings is 1. The van der Waals surface area contributed by atoms with Gasteiger partial charge >= 0.3 is 6.18 Å². The number of hydrogen-bond donors (Lipinski definition) is 2. The molecule has 0 saturated carbocycles. The SMILES string of the molecule is COc1cccc(Nc2nc(-c3ccccc3)c(C(=O)Nc3ccc(Cl)c(C(F)(F)F)c3)s2)c1. The molecule has 4 aromatic rings. The Bertz CT molecular complexity index is 1330. The number of carbonyl (C=O) groups excluding carboxylic acids is 1. The van der Waals surface area contributed by atoms with Gasteiger partial charge in [-0.25, -0.2) is 4.98 Å². The Balaban J connectivity index is 1.68. The van der Waals surface area contributed by atoms with Gasteiger partial charge in [-0.3, -0.25) is 4.79 Å². The average Bonchev–Trinajstić information content (AvgIpc) is 3.24. The van der Waals surface area contributed by atoms with Crippen LogP contribution in [-0.2, 0) is 6.18 Å².